The van der Waals surface area contributed by atoms with E-state index in [1.165, 1.54) is 0 Å². The van der Waals surface area contributed by atoms with Crippen molar-refractivity contribution >= 4 is 5.97 Å². The Morgan fingerprint density at radius 3 is 2.70 bits per heavy atom. The maximum absolute atomic E-state index is 13.3. The van der Waals surface area contributed by atoms with Gasteiger partial charge in [-0.3, -0.25) is 9.69 Å². The number of likely N-dealkylation sites (tertiary alicyclic amines) is 1. The predicted molar refractivity (Wildman–Crippen MR) is 68.7 cm³/mol. The third-order valence-corrected chi connectivity index (χ3v) is 3.50. The minimum Gasteiger partial charge on any atom is -0.489 e. The van der Waals surface area contributed by atoms with Crippen molar-refractivity contribution in [2.24, 2.45) is 5.92 Å². The number of hydrogen-bond donors (Lipinski definition) is 1. The summed E-state index contributed by atoms with van der Waals surface area (Å²) in [4.78, 5) is 12.9. The highest BCUT2D eigenvalue weighted by molar-refractivity contribution is 5.70. The van der Waals surface area contributed by atoms with E-state index in [-0.39, 0.29) is 18.3 Å². The number of rotatable bonds is 5. The molecule has 0 radical (unpaired) electrons. The number of nitrogens with zero attached hydrogens (tertiary/aromatic N) is 1. The van der Waals surface area contributed by atoms with Gasteiger partial charge >= 0.3 is 5.97 Å². The summed E-state index contributed by atoms with van der Waals surface area (Å²) in [5.74, 6) is -2.24. The molecule has 0 saturated carbocycles. The van der Waals surface area contributed by atoms with E-state index in [2.05, 4.69) is 4.90 Å². The Bertz CT molecular complexity index is 473. The molecule has 0 spiro atoms. The van der Waals surface area contributed by atoms with Gasteiger partial charge in [-0.2, -0.15) is 0 Å². The molecule has 20 heavy (non-hydrogen) atoms. The Hall–Kier alpha value is -1.69. The molecule has 1 aromatic rings. The van der Waals surface area contributed by atoms with Gasteiger partial charge in [0.15, 0.2) is 11.6 Å². The number of benzene rings is 1. The molecule has 1 heterocycles. The molecule has 0 atom stereocenters. The molecule has 0 aliphatic carbocycles. The van der Waals surface area contributed by atoms with Crippen LogP contribution in [0.4, 0.5) is 8.78 Å². The standard InChI is InChI=1S/C14H17F2NO3/c15-11-1-2-12(16)13(9-11)20-8-7-17-5-3-10(4-6-17)14(18)19/h1-2,9-10H,3-8H2,(H,18,19). The topological polar surface area (TPSA) is 49.8 Å². The Labute approximate surface area is 116 Å². The number of carboxylic acid groups (broad SMARTS) is 1. The molecule has 1 saturated heterocycles. The van der Waals surface area contributed by atoms with Crippen molar-refractivity contribution in [3.05, 3.63) is 29.8 Å². The molecule has 0 amide bonds. The molecule has 1 fully saturated rings. The van der Waals surface area contributed by atoms with Crippen LogP contribution in [0.3, 0.4) is 0 Å². The van der Waals surface area contributed by atoms with Crippen LogP contribution in [0.15, 0.2) is 18.2 Å². The van der Waals surface area contributed by atoms with Crippen LogP contribution in [0.25, 0.3) is 0 Å². The number of hydrogen-bond acceptors (Lipinski definition) is 3. The fourth-order valence-corrected chi connectivity index (χ4v) is 2.28. The van der Waals surface area contributed by atoms with E-state index in [1.54, 1.807) is 0 Å². The van der Waals surface area contributed by atoms with Crippen molar-refractivity contribution in [2.75, 3.05) is 26.2 Å². The Balaban J connectivity index is 1.74. The van der Waals surface area contributed by atoms with Gasteiger partial charge < -0.3 is 9.84 Å². The zero-order valence-corrected chi connectivity index (χ0v) is 11.0. The Kier molecular flexibility index (Phi) is 4.89. The second-order valence-electron chi connectivity index (χ2n) is 4.88. The van der Waals surface area contributed by atoms with Gasteiger partial charge in [0.05, 0.1) is 5.92 Å². The first kappa shape index (κ1) is 14.7. The van der Waals surface area contributed by atoms with Crippen LogP contribution in [0, 0.1) is 17.6 Å². The first-order chi connectivity index (χ1) is 9.56. The fourth-order valence-electron chi connectivity index (χ4n) is 2.28. The average molecular weight is 285 g/mol. The Morgan fingerprint density at radius 1 is 1.35 bits per heavy atom. The summed E-state index contributed by atoms with van der Waals surface area (Å²) in [6.45, 7) is 2.19. The summed E-state index contributed by atoms with van der Waals surface area (Å²) < 4.78 is 31.5. The number of ether oxygens (including phenoxy) is 1. The van der Waals surface area contributed by atoms with Crippen LogP contribution in [0.5, 0.6) is 5.75 Å². The number of halogens is 2. The van der Waals surface area contributed by atoms with Gasteiger partial charge in [-0.15, -0.1) is 0 Å². The lowest BCUT2D eigenvalue weighted by Crippen LogP contribution is -2.38. The molecular weight excluding hydrogens is 268 g/mol. The minimum absolute atomic E-state index is 0.0922. The summed E-state index contributed by atoms with van der Waals surface area (Å²) in [5.41, 5.74) is 0. The minimum atomic E-state index is -0.747. The van der Waals surface area contributed by atoms with Gasteiger partial charge in [-0.05, 0) is 38.1 Å². The SMILES string of the molecule is O=C(O)C1CCN(CCOc2cc(F)ccc2F)CC1. The highest BCUT2D eigenvalue weighted by Crippen LogP contribution is 2.19. The predicted octanol–water partition coefficient (Wildman–Crippen LogP) is 2.14. The Morgan fingerprint density at radius 2 is 2.05 bits per heavy atom. The van der Waals surface area contributed by atoms with Crippen LogP contribution in [-0.4, -0.2) is 42.2 Å². The third kappa shape index (κ3) is 3.90. The van der Waals surface area contributed by atoms with Crippen LogP contribution in [0.1, 0.15) is 12.8 Å². The smallest absolute Gasteiger partial charge is 0.306 e. The first-order valence-electron chi connectivity index (χ1n) is 6.59. The van der Waals surface area contributed by atoms with Crippen LogP contribution < -0.4 is 4.74 Å². The fraction of sp³-hybridized carbons (Fsp3) is 0.500. The van der Waals surface area contributed by atoms with Crippen LogP contribution in [0.2, 0.25) is 0 Å². The molecule has 0 aromatic heterocycles. The first-order valence-corrected chi connectivity index (χ1v) is 6.59. The summed E-state index contributed by atoms with van der Waals surface area (Å²) in [6.07, 6.45) is 1.23. The molecule has 2 rings (SSSR count). The van der Waals surface area contributed by atoms with Gasteiger partial charge in [-0.25, -0.2) is 8.78 Å². The van der Waals surface area contributed by atoms with Crippen molar-refractivity contribution in [3.8, 4) is 5.75 Å². The summed E-state index contributed by atoms with van der Waals surface area (Å²) in [5, 5.41) is 8.89. The maximum Gasteiger partial charge on any atom is 0.306 e. The second-order valence-corrected chi connectivity index (χ2v) is 4.88. The zero-order chi connectivity index (χ0) is 14.5. The lowest BCUT2D eigenvalue weighted by Gasteiger charge is -2.29. The van der Waals surface area contributed by atoms with Crippen molar-refractivity contribution in [3.63, 3.8) is 0 Å². The van der Waals surface area contributed by atoms with E-state index >= 15 is 0 Å². The lowest BCUT2D eigenvalue weighted by molar-refractivity contribution is -0.143. The van der Waals surface area contributed by atoms with Gasteiger partial charge in [0.1, 0.15) is 12.4 Å². The summed E-state index contributed by atoms with van der Waals surface area (Å²) in [7, 11) is 0. The maximum atomic E-state index is 13.3. The summed E-state index contributed by atoms with van der Waals surface area (Å²) >= 11 is 0. The van der Waals surface area contributed by atoms with E-state index in [9.17, 15) is 13.6 Å². The highest BCUT2D eigenvalue weighted by atomic mass is 19.1. The van der Waals surface area contributed by atoms with E-state index in [4.69, 9.17) is 9.84 Å². The monoisotopic (exact) mass is 285 g/mol. The molecular formula is C14H17F2NO3. The number of carboxylic acids is 1. The van der Waals surface area contributed by atoms with Gasteiger partial charge in [0.25, 0.3) is 0 Å². The van der Waals surface area contributed by atoms with Crippen LogP contribution in [-0.2, 0) is 4.79 Å². The zero-order valence-electron chi connectivity index (χ0n) is 11.0. The second kappa shape index (κ2) is 6.65. The van der Waals surface area contributed by atoms with Gasteiger partial charge in [-0.1, -0.05) is 0 Å². The number of piperidine rings is 1. The molecule has 0 bridgehead atoms. The molecule has 1 N–H and O–H groups in total. The van der Waals surface area contributed by atoms with E-state index < -0.39 is 17.6 Å². The van der Waals surface area contributed by atoms with Crippen LogP contribution >= 0.6 is 0 Å². The van der Waals surface area contributed by atoms with E-state index in [0.717, 1.165) is 18.2 Å². The molecule has 6 heteroatoms. The van der Waals surface area contributed by atoms with Crippen molar-refractivity contribution in [1.82, 2.24) is 4.90 Å². The average Bonchev–Trinajstić information content (AvgIpc) is 2.43. The molecule has 110 valence electrons. The van der Waals surface area contributed by atoms with Crippen molar-refractivity contribution in [2.45, 2.75) is 12.8 Å². The largest absolute Gasteiger partial charge is 0.489 e. The number of aliphatic carboxylic acids is 1. The summed E-state index contributed by atoms with van der Waals surface area (Å²) in [6, 6.07) is 3.09. The lowest BCUT2D eigenvalue weighted by atomic mass is 9.97. The molecule has 4 nitrogen and oxygen atoms in total. The quantitative estimate of drug-likeness (QED) is 0.900. The van der Waals surface area contributed by atoms with Gasteiger partial charge in [0, 0.05) is 12.6 Å². The molecule has 1 aromatic carbocycles. The van der Waals surface area contributed by atoms with Crippen molar-refractivity contribution in [1.29, 1.82) is 0 Å². The highest BCUT2D eigenvalue weighted by Gasteiger charge is 2.24. The molecule has 0 unspecified atom stereocenters. The number of carbonyl (C=O) groups is 1. The molecule has 1 aliphatic rings. The van der Waals surface area contributed by atoms with Crippen molar-refractivity contribution < 1.29 is 23.4 Å². The normalized spacial score (nSPS) is 17.1. The van der Waals surface area contributed by atoms with Gasteiger partial charge in [0.2, 0.25) is 0 Å². The third-order valence-electron chi connectivity index (χ3n) is 3.50. The van der Waals surface area contributed by atoms with E-state index in [1.807, 2.05) is 0 Å². The van der Waals surface area contributed by atoms with E-state index in [0.29, 0.717) is 32.5 Å². The molecule has 1 aliphatic heterocycles.